The fourth-order valence-corrected chi connectivity index (χ4v) is 2.75. The van der Waals surface area contributed by atoms with Gasteiger partial charge >= 0.3 is 0 Å². The molecule has 1 aromatic rings. The highest BCUT2D eigenvalue weighted by Crippen LogP contribution is 2.27. The maximum atomic E-state index is 5.97. The minimum absolute atomic E-state index is 0.871. The van der Waals surface area contributed by atoms with Crippen molar-refractivity contribution in [1.29, 1.82) is 0 Å². The molecule has 1 aliphatic carbocycles. The van der Waals surface area contributed by atoms with Crippen LogP contribution in [0.1, 0.15) is 44.1 Å². The van der Waals surface area contributed by atoms with Crippen molar-refractivity contribution in [2.75, 3.05) is 0 Å². The van der Waals surface area contributed by atoms with Crippen LogP contribution in [0.2, 0.25) is 5.02 Å². The molecule has 0 aliphatic heterocycles. The summed E-state index contributed by atoms with van der Waals surface area (Å²) in [5.74, 6) is 0.970. The van der Waals surface area contributed by atoms with Gasteiger partial charge in [-0.2, -0.15) is 0 Å². The lowest BCUT2D eigenvalue weighted by molar-refractivity contribution is 0.339. The molecule has 0 amide bonds. The minimum Gasteiger partial charge on any atom is -0.0843 e. The van der Waals surface area contributed by atoms with Gasteiger partial charge in [-0.15, -0.1) is 0 Å². The maximum absolute atomic E-state index is 5.97. The summed E-state index contributed by atoms with van der Waals surface area (Å²) < 4.78 is 0. The van der Waals surface area contributed by atoms with Crippen molar-refractivity contribution in [1.82, 2.24) is 0 Å². The Morgan fingerprint density at radius 3 is 2.67 bits per heavy atom. The Balaban J connectivity index is 1.81. The molecule has 1 heteroatoms. The zero-order chi connectivity index (χ0) is 10.5. The maximum Gasteiger partial charge on any atom is 0.0408 e. The van der Waals surface area contributed by atoms with Gasteiger partial charge in [-0.3, -0.25) is 0 Å². The molecule has 1 aliphatic rings. The average Bonchev–Trinajstić information content (AvgIpc) is 2.28. The third-order valence-corrected chi connectivity index (χ3v) is 3.69. The number of rotatable bonds is 3. The summed E-state index contributed by atoms with van der Waals surface area (Å²) in [4.78, 5) is 0. The fourth-order valence-electron chi connectivity index (χ4n) is 2.54. The lowest BCUT2D eigenvalue weighted by Gasteiger charge is -2.21. The van der Waals surface area contributed by atoms with E-state index in [0.29, 0.717) is 0 Å². The molecule has 0 nitrogen and oxygen atoms in total. The molecular formula is C14H19Cl. The van der Waals surface area contributed by atoms with E-state index in [1.807, 2.05) is 6.07 Å². The molecule has 0 aromatic heterocycles. The van der Waals surface area contributed by atoms with Crippen molar-refractivity contribution in [3.8, 4) is 0 Å². The van der Waals surface area contributed by atoms with E-state index in [4.69, 9.17) is 11.6 Å². The Morgan fingerprint density at radius 1 is 1.13 bits per heavy atom. The molecule has 0 bridgehead atoms. The van der Waals surface area contributed by atoms with Gasteiger partial charge in [0.15, 0.2) is 0 Å². The highest BCUT2D eigenvalue weighted by molar-refractivity contribution is 6.30. The van der Waals surface area contributed by atoms with Crippen LogP contribution in [0, 0.1) is 5.92 Å². The third kappa shape index (κ3) is 3.53. The van der Waals surface area contributed by atoms with E-state index < -0.39 is 0 Å². The van der Waals surface area contributed by atoms with Crippen molar-refractivity contribution in [3.05, 3.63) is 34.9 Å². The number of halogens is 1. The van der Waals surface area contributed by atoms with Gasteiger partial charge in [0.1, 0.15) is 0 Å². The van der Waals surface area contributed by atoms with Gasteiger partial charge in [-0.25, -0.2) is 0 Å². The van der Waals surface area contributed by atoms with Crippen molar-refractivity contribution < 1.29 is 0 Å². The lowest BCUT2D eigenvalue weighted by Crippen LogP contribution is -2.07. The van der Waals surface area contributed by atoms with Crippen LogP contribution in [-0.2, 0) is 6.42 Å². The minimum atomic E-state index is 0.871. The van der Waals surface area contributed by atoms with Crippen molar-refractivity contribution in [3.63, 3.8) is 0 Å². The van der Waals surface area contributed by atoms with Gasteiger partial charge < -0.3 is 0 Å². The van der Waals surface area contributed by atoms with Gasteiger partial charge in [0.2, 0.25) is 0 Å². The SMILES string of the molecule is Clc1cccc(CCC2CCCCC2)c1. The molecule has 0 N–H and O–H groups in total. The first-order valence-corrected chi connectivity index (χ1v) is 6.47. The first kappa shape index (κ1) is 11.0. The second kappa shape index (κ2) is 5.55. The molecule has 0 heterocycles. The molecule has 0 atom stereocenters. The molecule has 1 saturated carbocycles. The molecule has 0 unspecified atom stereocenters. The summed E-state index contributed by atoms with van der Waals surface area (Å²) in [5.41, 5.74) is 1.40. The van der Waals surface area contributed by atoms with Crippen LogP contribution >= 0.6 is 11.6 Å². The molecule has 82 valence electrons. The van der Waals surface area contributed by atoms with Gasteiger partial charge in [-0.05, 0) is 36.5 Å². The largest absolute Gasteiger partial charge is 0.0843 e. The summed E-state index contributed by atoms with van der Waals surface area (Å²) in [6.07, 6.45) is 9.78. The van der Waals surface area contributed by atoms with Crippen molar-refractivity contribution >= 4 is 11.6 Å². The van der Waals surface area contributed by atoms with Gasteiger partial charge in [0.25, 0.3) is 0 Å². The van der Waals surface area contributed by atoms with E-state index >= 15 is 0 Å². The van der Waals surface area contributed by atoms with Gasteiger partial charge in [0, 0.05) is 5.02 Å². The van der Waals surface area contributed by atoms with E-state index in [2.05, 4.69) is 18.2 Å². The number of aryl methyl sites for hydroxylation is 1. The summed E-state index contributed by atoms with van der Waals surface area (Å²) in [5, 5.41) is 0.871. The van der Waals surface area contributed by atoms with Gasteiger partial charge in [-0.1, -0.05) is 55.8 Å². The Kier molecular flexibility index (Phi) is 4.08. The molecule has 0 saturated heterocycles. The Hall–Kier alpha value is -0.490. The zero-order valence-electron chi connectivity index (χ0n) is 9.21. The summed E-state index contributed by atoms with van der Waals surface area (Å²) >= 11 is 5.97. The van der Waals surface area contributed by atoms with Crippen molar-refractivity contribution in [2.45, 2.75) is 44.9 Å². The predicted octanol–water partition coefficient (Wildman–Crippen LogP) is 4.85. The van der Waals surface area contributed by atoms with Crippen LogP contribution in [0.4, 0.5) is 0 Å². The zero-order valence-corrected chi connectivity index (χ0v) is 9.97. The normalized spacial score (nSPS) is 17.9. The fraction of sp³-hybridized carbons (Fsp3) is 0.571. The first-order valence-electron chi connectivity index (χ1n) is 6.09. The summed E-state index contributed by atoms with van der Waals surface area (Å²) in [6, 6.07) is 8.29. The molecule has 1 aromatic carbocycles. The molecule has 1 fully saturated rings. The van der Waals surface area contributed by atoms with Gasteiger partial charge in [0.05, 0.1) is 0 Å². The molecule has 0 spiro atoms. The Bertz CT molecular complexity index is 300. The summed E-state index contributed by atoms with van der Waals surface area (Å²) in [6.45, 7) is 0. The first-order chi connectivity index (χ1) is 7.34. The molecule has 0 radical (unpaired) electrons. The Morgan fingerprint density at radius 2 is 1.93 bits per heavy atom. The van der Waals surface area contributed by atoms with Crippen LogP contribution in [0.5, 0.6) is 0 Å². The highest BCUT2D eigenvalue weighted by atomic mass is 35.5. The monoisotopic (exact) mass is 222 g/mol. The quantitative estimate of drug-likeness (QED) is 0.686. The lowest BCUT2D eigenvalue weighted by atomic mass is 9.85. The predicted molar refractivity (Wildman–Crippen MR) is 66.3 cm³/mol. The average molecular weight is 223 g/mol. The van der Waals surface area contributed by atoms with Crippen LogP contribution in [-0.4, -0.2) is 0 Å². The highest BCUT2D eigenvalue weighted by Gasteiger charge is 2.12. The van der Waals surface area contributed by atoms with Crippen LogP contribution < -0.4 is 0 Å². The standard InChI is InChI=1S/C14H19Cl/c15-14-8-4-7-13(11-14)10-9-12-5-2-1-3-6-12/h4,7-8,11-12H,1-3,5-6,9-10H2. The van der Waals surface area contributed by atoms with E-state index in [1.54, 1.807) is 0 Å². The second-order valence-corrected chi connectivity index (χ2v) is 5.11. The summed E-state index contributed by atoms with van der Waals surface area (Å²) in [7, 11) is 0. The number of hydrogen-bond donors (Lipinski definition) is 0. The molecular weight excluding hydrogens is 204 g/mol. The van der Waals surface area contributed by atoms with Crippen LogP contribution in [0.25, 0.3) is 0 Å². The van der Waals surface area contributed by atoms with E-state index in [0.717, 1.165) is 10.9 Å². The van der Waals surface area contributed by atoms with E-state index in [9.17, 15) is 0 Å². The van der Waals surface area contributed by atoms with Crippen molar-refractivity contribution in [2.24, 2.45) is 5.92 Å². The molecule has 15 heavy (non-hydrogen) atoms. The topological polar surface area (TPSA) is 0 Å². The van der Waals surface area contributed by atoms with E-state index in [-0.39, 0.29) is 0 Å². The smallest absolute Gasteiger partial charge is 0.0408 e. The van der Waals surface area contributed by atoms with Crippen LogP contribution in [0.15, 0.2) is 24.3 Å². The molecule has 2 rings (SSSR count). The third-order valence-electron chi connectivity index (χ3n) is 3.46. The number of benzene rings is 1. The van der Waals surface area contributed by atoms with Crippen LogP contribution in [0.3, 0.4) is 0 Å². The van der Waals surface area contributed by atoms with E-state index in [1.165, 1.54) is 50.5 Å². The number of hydrogen-bond acceptors (Lipinski definition) is 0. The Labute approximate surface area is 97.6 Å². The second-order valence-electron chi connectivity index (χ2n) is 4.67.